The third-order valence-corrected chi connectivity index (χ3v) is 5.75. The van der Waals surface area contributed by atoms with Gasteiger partial charge in [-0.05, 0) is 30.0 Å². The number of alkyl halides is 1. The second kappa shape index (κ2) is 8.76. The summed E-state index contributed by atoms with van der Waals surface area (Å²) in [7, 11) is -3.47. The van der Waals surface area contributed by atoms with E-state index in [0.29, 0.717) is 10.8 Å². The van der Waals surface area contributed by atoms with Crippen LogP contribution < -0.4 is 4.72 Å². The molecule has 0 amide bonds. The maximum absolute atomic E-state index is 12.2. The SMILES string of the molecule is CCCc1ccc(S(=O)(=O)NCC(Cl)C(CC)CC)cc1. The fraction of sp³-hybridized carbons (Fsp3) is 0.625. The van der Waals surface area contributed by atoms with Crippen LogP contribution in [0.1, 0.15) is 45.6 Å². The number of benzene rings is 1. The predicted molar refractivity (Wildman–Crippen MR) is 89.3 cm³/mol. The van der Waals surface area contributed by atoms with Crippen LogP contribution in [0.25, 0.3) is 0 Å². The lowest BCUT2D eigenvalue weighted by Crippen LogP contribution is -2.33. The molecule has 0 aromatic heterocycles. The van der Waals surface area contributed by atoms with E-state index >= 15 is 0 Å². The predicted octanol–water partition coefficient (Wildman–Crippen LogP) is 3.96. The fourth-order valence-corrected chi connectivity index (χ4v) is 3.95. The Balaban J connectivity index is 2.68. The van der Waals surface area contributed by atoms with Gasteiger partial charge in [0.05, 0.1) is 4.90 Å². The largest absolute Gasteiger partial charge is 0.240 e. The van der Waals surface area contributed by atoms with Gasteiger partial charge in [-0.2, -0.15) is 0 Å². The zero-order valence-corrected chi connectivity index (χ0v) is 14.7. The summed E-state index contributed by atoms with van der Waals surface area (Å²) in [4.78, 5) is 0.302. The topological polar surface area (TPSA) is 46.2 Å². The van der Waals surface area contributed by atoms with Gasteiger partial charge in [-0.15, -0.1) is 11.6 Å². The molecule has 21 heavy (non-hydrogen) atoms. The van der Waals surface area contributed by atoms with Gasteiger partial charge in [0.15, 0.2) is 0 Å². The molecule has 1 unspecified atom stereocenters. The summed E-state index contributed by atoms with van der Waals surface area (Å²) < 4.78 is 27.1. The maximum atomic E-state index is 12.2. The van der Waals surface area contributed by atoms with E-state index in [4.69, 9.17) is 11.6 Å². The summed E-state index contributed by atoms with van der Waals surface area (Å²) in [5, 5.41) is -0.172. The molecule has 0 radical (unpaired) electrons. The van der Waals surface area contributed by atoms with Gasteiger partial charge in [0, 0.05) is 11.9 Å². The molecule has 0 aliphatic rings. The van der Waals surface area contributed by atoms with Crippen molar-refractivity contribution in [3.8, 4) is 0 Å². The Bertz CT molecular complexity index is 510. The lowest BCUT2D eigenvalue weighted by molar-refractivity contribution is 0.460. The van der Waals surface area contributed by atoms with Gasteiger partial charge in [0.1, 0.15) is 0 Å². The Morgan fingerprint density at radius 2 is 1.67 bits per heavy atom. The van der Waals surface area contributed by atoms with E-state index < -0.39 is 10.0 Å². The summed E-state index contributed by atoms with van der Waals surface area (Å²) in [6, 6.07) is 7.07. The van der Waals surface area contributed by atoms with Crippen LogP contribution in [-0.4, -0.2) is 20.3 Å². The van der Waals surface area contributed by atoms with Gasteiger partial charge in [0.2, 0.25) is 10.0 Å². The van der Waals surface area contributed by atoms with Gasteiger partial charge in [0.25, 0.3) is 0 Å². The first-order chi connectivity index (χ1) is 9.94. The van der Waals surface area contributed by atoms with Crippen LogP contribution in [0, 0.1) is 5.92 Å². The maximum Gasteiger partial charge on any atom is 0.240 e. The summed E-state index contributed by atoms with van der Waals surface area (Å²) in [6.07, 6.45) is 3.93. The molecule has 0 aliphatic heterocycles. The van der Waals surface area contributed by atoms with Gasteiger partial charge in [-0.25, -0.2) is 13.1 Å². The highest BCUT2D eigenvalue weighted by Crippen LogP contribution is 2.19. The summed E-state index contributed by atoms with van der Waals surface area (Å²) in [6.45, 7) is 6.52. The van der Waals surface area contributed by atoms with Crippen molar-refractivity contribution in [1.82, 2.24) is 4.72 Å². The Kier molecular flexibility index (Phi) is 7.71. The van der Waals surface area contributed by atoms with E-state index in [1.165, 1.54) is 0 Å². The molecule has 0 aliphatic carbocycles. The molecule has 0 spiro atoms. The normalized spacial score (nSPS) is 13.6. The van der Waals surface area contributed by atoms with E-state index in [1.807, 2.05) is 12.1 Å². The highest BCUT2D eigenvalue weighted by Gasteiger charge is 2.20. The first kappa shape index (κ1) is 18.5. The van der Waals surface area contributed by atoms with Crippen LogP contribution in [-0.2, 0) is 16.4 Å². The third-order valence-electron chi connectivity index (χ3n) is 3.80. The molecule has 0 saturated carbocycles. The summed E-state index contributed by atoms with van der Waals surface area (Å²) in [5.41, 5.74) is 1.16. The molecule has 0 bridgehead atoms. The van der Waals surface area contributed by atoms with E-state index in [2.05, 4.69) is 25.5 Å². The van der Waals surface area contributed by atoms with Crippen LogP contribution in [0.5, 0.6) is 0 Å². The van der Waals surface area contributed by atoms with Crippen molar-refractivity contribution in [3.05, 3.63) is 29.8 Å². The number of nitrogens with one attached hydrogen (secondary N) is 1. The molecule has 1 atom stereocenters. The van der Waals surface area contributed by atoms with Crippen molar-refractivity contribution in [3.63, 3.8) is 0 Å². The van der Waals surface area contributed by atoms with Crippen molar-refractivity contribution in [2.75, 3.05) is 6.54 Å². The summed E-state index contributed by atoms with van der Waals surface area (Å²) >= 11 is 6.28. The van der Waals surface area contributed by atoms with E-state index in [9.17, 15) is 8.42 Å². The number of sulfonamides is 1. The molecule has 1 aromatic rings. The second-order valence-corrected chi connectivity index (χ2v) is 7.67. The molecule has 1 aromatic carbocycles. The minimum Gasteiger partial charge on any atom is -0.210 e. The monoisotopic (exact) mass is 331 g/mol. The smallest absolute Gasteiger partial charge is 0.210 e. The van der Waals surface area contributed by atoms with E-state index in [1.54, 1.807) is 12.1 Å². The van der Waals surface area contributed by atoms with E-state index in [-0.39, 0.29) is 11.9 Å². The van der Waals surface area contributed by atoms with Crippen LogP contribution >= 0.6 is 11.6 Å². The van der Waals surface area contributed by atoms with Crippen molar-refractivity contribution in [1.29, 1.82) is 0 Å². The minimum atomic E-state index is -3.47. The quantitative estimate of drug-likeness (QED) is 0.696. The third kappa shape index (κ3) is 5.61. The van der Waals surface area contributed by atoms with Crippen molar-refractivity contribution < 1.29 is 8.42 Å². The van der Waals surface area contributed by atoms with Crippen LogP contribution in [0.2, 0.25) is 0 Å². The van der Waals surface area contributed by atoms with Gasteiger partial charge in [-0.1, -0.05) is 52.2 Å². The Hall–Kier alpha value is -0.580. The van der Waals surface area contributed by atoms with Crippen LogP contribution in [0.15, 0.2) is 29.2 Å². The molecule has 1 N–H and O–H groups in total. The zero-order chi connectivity index (χ0) is 15.9. The van der Waals surface area contributed by atoms with Crippen molar-refractivity contribution >= 4 is 21.6 Å². The van der Waals surface area contributed by atoms with Gasteiger partial charge < -0.3 is 0 Å². The number of hydrogen-bond acceptors (Lipinski definition) is 2. The zero-order valence-electron chi connectivity index (χ0n) is 13.1. The van der Waals surface area contributed by atoms with Crippen molar-refractivity contribution in [2.24, 2.45) is 5.92 Å². The lowest BCUT2D eigenvalue weighted by atomic mass is 9.99. The van der Waals surface area contributed by atoms with Gasteiger partial charge >= 0.3 is 0 Å². The summed E-state index contributed by atoms with van der Waals surface area (Å²) in [5.74, 6) is 0.335. The molecule has 5 heteroatoms. The molecule has 0 saturated heterocycles. The highest BCUT2D eigenvalue weighted by atomic mass is 35.5. The van der Waals surface area contributed by atoms with Crippen molar-refractivity contribution in [2.45, 2.75) is 56.7 Å². The Labute approximate surface area is 134 Å². The minimum absolute atomic E-state index is 0.172. The van der Waals surface area contributed by atoms with Crippen LogP contribution in [0.4, 0.5) is 0 Å². The fourth-order valence-electron chi connectivity index (χ4n) is 2.36. The number of rotatable bonds is 9. The molecule has 0 heterocycles. The standard InChI is InChI=1S/C16H26ClNO2S/c1-4-7-13-8-10-15(11-9-13)21(19,20)18-12-16(17)14(5-2)6-3/h8-11,14,16,18H,4-7,12H2,1-3H3. The number of halogens is 1. The molecule has 0 fully saturated rings. The molecular formula is C16H26ClNO2S. The van der Waals surface area contributed by atoms with Crippen LogP contribution in [0.3, 0.4) is 0 Å². The molecule has 120 valence electrons. The lowest BCUT2D eigenvalue weighted by Gasteiger charge is -2.19. The Morgan fingerprint density at radius 3 is 2.14 bits per heavy atom. The molecule has 3 nitrogen and oxygen atoms in total. The van der Waals surface area contributed by atoms with E-state index in [0.717, 1.165) is 31.2 Å². The average Bonchev–Trinajstić information content (AvgIpc) is 2.47. The highest BCUT2D eigenvalue weighted by molar-refractivity contribution is 7.89. The average molecular weight is 332 g/mol. The van der Waals surface area contributed by atoms with Gasteiger partial charge in [-0.3, -0.25) is 0 Å². The number of hydrogen-bond donors (Lipinski definition) is 1. The second-order valence-electron chi connectivity index (χ2n) is 5.34. The number of aryl methyl sites for hydroxylation is 1. The first-order valence-electron chi connectivity index (χ1n) is 7.67. The first-order valence-corrected chi connectivity index (χ1v) is 9.59. The molecule has 1 rings (SSSR count). The molecular weight excluding hydrogens is 306 g/mol. The Morgan fingerprint density at radius 1 is 1.10 bits per heavy atom.